The van der Waals surface area contributed by atoms with Crippen molar-refractivity contribution in [2.24, 2.45) is 0 Å². The fraction of sp³-hybridized carbons (Fsp3) is 0.300. The molecule has 0 aromatic heterocycles. The summed E-state index contributed by atoms with van der Waals surface area (Å²) in [5.74, 6) is 1.16. The fourth-order valence-corrected chi connectivity index (χ4v) is 1.93. The third-order valence-corrected chi connectivity index (χ3v) is 2.90. The molecule has 80 valence electrons. The molecule has 15 heavy (non-hydrogen) atoms. The number of rotatable bonds is 3. The zero-order valence-corrected chi connectivity index (χ0v) is 11.4. The molecule has 0 unspecified atom stereocenters. The summed E-state index contributed by atoms with van der Waals surface area (Å²) in [4.78, 5) is 0. The maximum atomic E-state index is 8.96. The second-order valence-electron chi connectivity index (χ2n) is 2.71. The highest BCUT2D eigenvalue weighted by Crippen LogP contribution is 2.38. The van der Waals surface area contributed by atoms with E-state index in [1.54, 1.807) is 26.4 Å². The maximum Gasteiger partial charge on any atom is 0.162 e. The van der Waals surface area contributed by atoms with Crippen LogP contribution in [0.1, 0.15) is 14.9 Å². The first kappa shape index (κ1) is 12.3. The first-order valence-electron chi connectivity index (χ1n) is 4.08. The Morgan fingerprint density at radius 2 is 1.73 bits per heavy atom. The van der Waals surface area contributed by atoms with Gasteiger partial charge in [-0.1, -0.05) is 31.9 Å². The molecule has 0 N–H and O–H groups in total. The lowest BCUT2D eigenvalue weighted by Crippen LogP contribution is -1.95. The van der Waals surface area contributed by atoms with Crippen LogP contribution >= 0.6 is 31.9 Å². The Kier molecular flexibility index (Phi) is 4.43. The first-order chi connectivity index (χ1) is 7.13. The molecule has 5 heteroatoms. The molecule has 1 rings (SSSR count). The molecule has 1 aromatic rings. The maximum absolute atomic E-state index is 8.96. The summed E-state index contributed by atoms with van der Waals surface area (Å²) in [5.41, 5.74) is 1.36. The second kappa shape index (κ2) is 5.38. The van der Waals surface area contributed by atoms with Crippen molar-refractivity contribution in [2.75, 3.05) is 14.2 Å². The number of hydrogen-bond acceptors (Lipinski definition) is 3. The van der Waals surface area contributed by atoms with Gasteiger partial charge in [0.1, 0.15) is 0 Å². The Bertz CT molecular complexity index is 399. The second-order valence-corrected chi connectivity index (χ2v) is 5.77. The van der Waals surface area contributed by atoms with Crippen molar-refractivity contribution >= 4 is 31.9 Å². The molecular weight excluding hydrogens is 326 g/mol. The number of benzene rings is 1. The van der Waals surface area contributed by atoms with E-state index in [2.05, 4.69) is 37.9 Å². The van der Waals surface area contributed by atoms with Crippen LogP contribution in [0.4, 0.5) is 0 Å². The number of ether oxygens (including phenoxy) is 2. The van der Waals surface area contributed by atoms with Gasteiger partial charge in [0.25, 0.3) is 0 Å². The van der Waals surface area contributed by atoms with E-state index in [1.165, 1.54) is 0 Å². The van der Waals surface area contributed by atoms with E-state index in [-0.39, 0.29) is 3.74 Å². The molecule has 0 radical (unpaired) electrons. The molecule has 0 saturated heterocycles. The molecule has 0 atom stereocenters. The summed E-state index contributed by atoms with van der Waals surface area (Å²) in [6.45, 7) is 0. The minimum atomic E-state index is -0.0838. The molecule has 0 saturated carbocycles. The summed E-state index contributed by atoms with van der Waals surface area (Å²) < 4.78 is 10.2. The van der Waals surface area contributed by atoms with Crippen molar-refractivity contribution in [2.45, 2.75) is 3.74 Å². The van der Waals surface area contributed by atoms with Crippen LogP contribution < -0.4 is 9.47 Å². The molecule has 0 aliphatic heterocycles. The summed E-state index contributed by atoms with van der Waals surface area (Å²) in [6, 6.07) is 5.53. The Morgan fingerprint density at radius 1 is 1.20 bits per heavy atom. The number of hydrogen-bond donors (Lipinski definition) is 0. The van der Waals surface area contributed by atoms with Crippen LogP contribution in [0.5, 0.6) is 11.5 Å². The minimum Gasteiger partial charge on any atom is -0.493 e. The Balaban J connectivity index is 3.36. The van der Waals surface area contributed by atoms with Crippen molar-refractivity contribution in [3.05, 3.63) is 23.3 Å². The molecule has 0 fully saturated rings. The number of nitrogens with zero attached hydrogens (tertiary/aromatic N) is 1. The molecule has 0 aliphatic rings. The van der Waals surface area contributed by atoms with Crippen LogP contribution in [0.2, 0.25) is 0 Å². The van der Waals surface area contributed by atoms with Gasteiger partial charge in [-0.15, -0.1) is 0 Å². The van der Waals surface area contributed by atoms with Gasteiger partial charge in [0, 0.05) is 6.07 Å². The van der Waals surface area contributed by atoms with E-state index in [0.29, 0.717) is 17.1 Å². The van der Waals surface area contributed by atoms with Crippen molar-refractivity contribution in [1.29, 1.82) is 5.26 Å². The van der Waals surface area contributed by atoms with Gasteiger partial charge in [-0.05, 0) is 11.6 Å². The average molecular weight is 335 g/mol. The molecule has 0 heterocycles. The third kappa shape index (κ3) is 2.64. The first-order valence-corrected chi connectivity index (χ1v) is 5.91. The normalized spacial score (nSPS) is 9.87. The lowest BCUT2D eigenvalue weighted by atomic mass is 10.1. The number of halogens is 2. The van der Waals surface area contributed by atoms with E-state index in [9.17, 15) is 0 Å². The van der Waals surface area contributed by atoms with Crippen LogP contribution in [-0.4, -0.2) is 14.2 Å². The van der Waals surface area contributed by atoms with Gasteiger partial charge in [-0.2, -0.15) is 5.26 Å². The van der Waals surface area contributed by atoms with E-state index < -0.39 is 0 Å². The van der Waals surface area contributed by atoms with E-state index >= 15 is 0 Å². The van der Waals surface area contributed by atoms with E-state index in [4.69, 9.17) is 14.7 Å². The van der Waals surface area contributed by atoms with E-state index in [0.717, 1.165) is 5.56 Å². The summed E-state index contributed by atoms with van der Waals surface area (Å²) in [7, 11) is 3.10. The molecule has 3 nitrogen and oxygen atoms in total. The highest BCUT2D eigenvalue weighted by Gasteiger charge is 2.14. The number of methoxy groups -OCH3 is 2. The average Bonchev–Trinajstić information content (AvgIpc) is 2.26. The van der Waals surface area contributed by atoms with Crippen LogP contribution in [0.3, 0.4) is 0 Å². The Hall–Kier alpha value is -0.730. The summed E-state index contributed by atoms with van der Waals surface area (Å²) >= 11 is 6.71. The molecule has 1 aromatic carbocycles. The van der Waals surface area contributed by atoms with Gasteiger partial charge < -0.3 is 9.47 Å². The topological polar surface area (TPSA) is 42.2 Å². The van der Waals surface area contributed by atoms with Crippen LogP contribution in [0.15, 0.2) is 12.1 Å². The lowest BCUT2D eigenvalue weighted by molar-refractivity contribution is 0.354. The Morgan fingerprint density at radius 3 is 2.13 bits per heavy atom. The standard InChI is InChI=1S/C10H9Br2NO2/c1-14-8-3-6(5-13)7(10(11)12)4-9(8)15-2/h3-4,10H,1-2H3. The smallest absolute Gasteiger partial charge is 0.162 e. The van der Waals surface area contributed by atoms with Crippen molar-refractivity contribution in [1.82, 2.24) is 0 Å². The molecule has 0 aliphatic carbocycles. The quantitative estimate of drug-likeness (QED) is 0.796. The summed E-state index contributed by atoms with van der Waals surface area (Å²) in [5, 5.41) is 8.96. The van der Waals surface area contributed by atoms with Gasteiger partial charge in [-0.25, -0.2) is 0 Å². The predicted octanol–water partition coefficient (Wildman–Crippen LogP) is 3.36. The van der Waals surface area contributed by atoms with Crippen molar-refractivity contribution < 1.29 is 9.47 Å². The predicted molar refractivity (Wildman–Crippen MR) is 64.9 cm³/mol. The summed E-state index contributed by atoms with van der Waals surface area (Å²) in [6.07, 6.45) is 0. The largest absolute Gasteiger partial charge is 0.493 e. The van der Waals surface area contributed by atoms with Crippen LogP contribution in [0, 0.1) is 11.3 Å². The van der Waals surface area contributed by atoms with Crippen LogP contribution in [0.25, 0.3) is 0 Å². The molecule has 0 amide bonds. The number of nitriles is 1. The molecule has 0 bridgehead atoms. The van der Waals surface area contributed by atoms with Crippen molar-refractivity contribution in [3.8, 4) is 17.6 Å². The molecular formula is C10H9Br2NO2. The fourth-order valence-electron chi connectivity index (χ4n) is 1.17. The van der Waals surface area contributed by atoms with Gasteiger partial charge in [-0.3, -0.25) is 0 Å². The van der Waals surface area contributed by atoms with Gasteiger partial charge >= 0.3 is 0 Å². The van der Waals surface area contributed by atoms with Gasteiger partial charge in [0.05, 0.1) is 29.6 Å². The zero-order chi connectivity index (χ0) is 11.4. The highest BCUT2D eigenvalue weighted by molar-refractivity contribution is 9.24. The lowest BCUT2D eigenvalue weighted by Gasteiger charge is -2.11. The molecule has 0 spiro atoms. The van der Waals surface area contributed by atoms with Gasteiger partial charge in [0.15, 0.2) is 11.5 Å². The van der Waals surface area contributed by atoms with E-state index in [1.807, 2.05) is 0 Å². The number of alkyl halides is 2. The van der Waals surface area contributed by atoms with Gasteiger partial charge in [0.2, 0.25) is 0 Å². The zero-order valence-electron chi connectivity index (χ0n) is 8.25. The third-order valence-electron chi connectivity index (χ3n) is 1.91. The monoisotopic (exact) mass is 333 g/mol. The minimum absolute atomic E-state index is 0.0838. The highest BCUT2D eigenvalue weighted by atomic mass is 79.9. The Labute approximate surface area is 105 Å². The van der Waals surface area contributed by atoms with Crippen molar-refractivity contribution in [3.63, 3.8) is 0 Å². The van der Waals surface area contributed by atoms with Crippen LogP contribution in [-0.2, 0) is 0 Å². The SMILES string of the molecule is COc1cc(C#N)c(C(Br)Br)cc1OC.